The van der Waals surface area contributed by atoms with Crippen LogP contribution < -0.4 is 5.32 Å². The number of hydrogen-bond acceptors (Lipinski definition) is 3. The van der Waals surface area contributed by atoms with Crippen LogP contribution in [0.15, 0.2) is 0 Å². The van der Waals surface area contributed by atoms with E-state index in [0.717, 1.165) is 32.1 Å². The van der Waals surface area contributed by atoms with Crippen LogP contribution in [0.4, 0.5) is 0 Å². The fourth-order valence-electron chi connectivity index (χ4n) is 2.24. The highest BCUT2D eigenvalue weighted by molar-refractivity contribution is 4.76. The highest BCUT2D eigenvalue weighted by atomic mass is 16.5. The lowest BCUT2D eigenvalue weighted by Crippen LogP contribution is -2.36. The Labute approximate surface area is 99.9 Å². The average Bonchev–Trinajstić information content (AvgIpc) is 2.70. The van der Waals surface area contributed by atoms with Gasteiger partial charge in [-0.05, 0) is 52.5 Å². The normalized spacial score (nSPS) is 23.6. The van der Waals surface area contributed by atoms with Crippen LogP contribution in [0, 0.1) is 5.92 Å². The number of rotatable bonds is 7. The van der Waals surface area contributed by atoms with Crippen molar-refractivity contribution in [2.24, 2.45) is 5.92 Å². The largest absolute Gasteiger partial charge is 0.381 e. The molecule has 1 heterocycles. The van der Waals surface area contributed by atoms with E-state index >= 15 is 0 Å². The number of nitrogens with one attached hydrogen (secondary N) is 1. The Kier molecular flexibility index (Phi) is 5.73. The molecule has 0 amide bonds. The SMILES string of the molecule is COC(C)(C)CC(C)NCCC1CCOC1. The summed E-state index contributed by atoms with van der Waals surface area (Å²) in [7, 11) is 1.78. The van der Waals surface area contributed by atoms with E-state index in [9.17, 15) is 0 Å². The monoisotopic (exact) mass is 229 g/mol. The van der Waals surface area contributed by atoms with Gasteiger partial charge in [-0.15, -0.1) is 0 Å². The van der Waals surface area contributed by atoms with E-state index in [1.807, 2.05) is 0 Å². The topological polar surface area (TPSA) is 30.5 Å². The molecule has 0 aromatic heterocycles. The van der Waals surface area contributed by atoms with Gasteiger partial charge in [0.15, 0.2) is 0 Å². The molecule has 0 aliphatic carbocycles. The fraction of sp³-hybridized carbons (Fsp3) is 1.00. The molecule has 1 N–H and O–H groups in total. The Bertz CT molecular complexity index is 188. The van der Waals surface area contributed by atoms with Gasteiger partial charge in [0.2, 0.25) is 0 Å². The number of ether oxygens (including phenoxy) is 2. The second-order valence-electron chi connectivity index (χ2n) is 5.54. The van der Waals surface area contributed by atoms with Crippen LogP contribution in [0.5, 0.6) is 0 Å². The maximum absolute atomic E-state index is 5.43. The Morgan fingerprint density at radius 2 is 2.25 bits per heavy atom. The molecule has 0 saturated carbocycles. The molecule has 1 saturated heterocycles. The van der Waals surface area contributed by atoms with E-state index in [4.69, 9.17) is 9.47 Å². The van der Waals surface area contributed by atoms with Crippen molar-refractivity contribution in [1.82, 2.24) is 5.32 Å². The molecule has 0 aromatic rings. The van der Waals surface area contributed by atoms with Gasteiger partial charge in [0.25, 0.3) is 0 Å². The van der Waals surface area contributed by atoms with E-state index in [0.29, 0.717) is 6.04 Å². The Morgan fingerprint density at radius 1 is 1.50 bits per heavy atom. The van der Waals surface area contributed by atoms with E-state index < -0.39 is 0 Å². The van der Waals surface area contributed by atoms with Crippen molar-refractivity contribution in [3.05, 3.63) is 0 Å². The standard InChI is InChI=1S/C13H27NO2/c1-11(9-13(2,3)15-4)14-7-5-12-6-8-16-10-12/h11-12,14H,5-10H2,1-4H3. The minimum Gasteiger partial charge on any atom is -0.381 e. The predicted molar refractivity (Wildman–Crippen MR) is 66.7 cm³/mol. The van der Waals surface area contributed by atoms with Crippen molar-refractivity contribution in [3.8, 4) is 0 Å². The van der Waals surface area contributed by atoms with Crippen molar-refractivity contribution < 1.29 is 9.47 Å². The first kappa shape index (κ1) is 13.9. The van der Waals surface area contributed by atoms with E-state index in [1.165, 1.54) is 12.8 Å². The summed E-state index contributed by atoms with van der Waals surface area (Å²) in [5.41, 5.74) is -0.0249. The molecule has 96 valence electrons. The summed E-state index contributed by atoms with van der Waals surface area (Å²) in [4.78, 5) is 0. The molecule has 0 bridgehead atoms. The van der Waals surface area contributed by atoms with Crippen LogP contribution >= 0.6 is 0 Å². The smallest absolute Gasteiger partial charge is 0.0637 e. The zero-order valence-electron chi connectivity index (χ0n) is 11.2. The second kappa shape index (κ2) is 6.58. The quantitative estimate of drug-likeness (QED) is 0.726. The van der Waals surface area contributed by atoms with Gasteiger partial charge in [-0.25, -0.2) is 0 Å². The molecule has 3 heteroatoms. The molecule has 1 aliphatic rings. The molecule has 1 fully saturated rings. The van der Waals surface area contributed by atoms with E-state index in [-0.39, 0.29) is 5.60 Å². The summed E-state index contributed by atoms with van der Waals surface area (Å²) < 4.78 is 10.8. The highest BCUT2D eigenvalue weighted by Gasteiger charge is 2.20. The van der Waals surface area contributed by atoms with E-state index in [1.54, 1.807) is 7.11 Å². The van der Waals surface area contributed by atoms with Crippen molar-refractivity contribution in [2.45, 2.75) is 51.7 Å². The van der Waals surface area contributed by atoms with Gasteiger partial charge in [-0.2, -0.15) is 0 Å². The first-order valence-corrected chi connectivity index (χ1v) is 6.40. The third-order valence-electron chi connectivity index (χ3n) is 3.42. The minimum atomic E-state index is -0.0249. The zero-order valence-corrected chi connectivity index (χ0v) is 11.2. The molecule has 3 nitrogen and oxygen atoms in total. The molecule has 2 unspecified atom stereocenters. The molecular formula is C13H27NO2. The Morgan fingerprint density at radius 3 is 2.81 bits per heavy atom. The zero-order chi connectivity index (χ0) is 12.0. The van der Waals surface area contributed by atoms with Gasteiger partial charge in [0.1, 0.15) is 0 Å². The van der Waals surface area contributed by atoms with Crippen LogP contribution in [0.25, 0.3) is 0 Å². The van der Waals surface area contributed by atoms with Crippen LogP contribution in [-0.2, 0) is 9.47 Å². The summed E-state index contributed by atoms with van der Waals surface area (Å²) in [6.07, 6.45) is 3.52. The Balaban J connectivity index is 2.07. The van der Waals surface area contributed by atoms with Crippen LogP contribution in [0.3, 0.4) is 0 Å². The summed E-state index contributed by atoms with van der Waals surface area (Å²) in [6, 6.07) is 0.511. The highest BCUT2D eigenvalue weighted by Crippen LogP contribution is 2.17. The first-order chi connectivity index (χ1) is 7.53. The van der Waals surface area contributed by atoms with Crippen molar-refractivity contribution in [3.63, 3.8) is 0 Å². The van der Waals surface area contributed by atoms with Crippen molar-refractivity contribution in [2.75, 3.05) is 26.9 Å². The molecule has 0 aromatic carbocycles. The van der Waals surface area contributed by atoms with Crippen LogP contribution in [0.2, 0.25) is 0 Å². The molecule has 0 spiro atoms. The van der Waals surface area contributed by atoms with Gasteiger partial charge in [-0.3, -0.25) is 0 Å². The van der Waals surface area contributed by atoms with Crippen molar-refractivity contribution >= 4 is 0 Å². The number of methoxy groups -OCH3 is 1. The molecule has 0 radical (unpaired) electrons. The lowest BCUT2D eigenvalue weighted by atomic mass is 9.99. The van der Waals surface area contributed by atoms with Crippen molar-refractivity contribution in [1.29, 1.82) is 0 Å². The lowest BCUT2D eigenvalue weighted by molar-refractivity contribution is 0.00851. The number of hydrogen-bond donors (Lipinski definition) is 1. The lowest BCUT2D eigenvalue weighted by Gasteiger charge is -2.27. The van der Waals surface area contributed by atoms with Gasteiger partial charge < -0.3 is 14.8 Å². The van der Waals surface area contributed by atoms with Gasteiger partial charge in [0, 0.05) is 26.4 Å². The Hall–Kier alpha value is -0.120. The second-order valence-corrected chi connectivity index (χ2v) is 5.54. The van der Waals surface area contributed by atoms with Crippen LogP contribution in [-0.4, -0.2) is 38.5 Å². The van der Waals surface area contributed by atoms with Crippen LogP contribution in [0.1, 0.15) is 40.0 Å². The third-order valence-corrected chi connectivity index (χ3v) is 3.42. The van der Waals surface area contributed by atoms with E-state index in [2.05, 4.69) is 26.1 Å². The summed E-state index contributed by atoms with van der Waals surface area (Å²) in [6.45, 7) is 9.50. The summed E-state index contributed by atoms with van der Waals surface area (Å²) >= 11 is 0. The van der Waals surface area contributed by atoms with Gasteiger partial charge >= 0.3 is 0 Å². The van der Waals surface area contributed by atoms with Gasteiger partial charge in [0.05, 0.1) is 5.60 Å². The summed E-state index contributed by atoms with van der Waals surface area (Å²) in [5, 5.41) is 3.56. The molecule has 1 rings (SSSR count). The predicted octanol–water partition coefficient (Wildman–Crippen LogP) is 2.21. The molecule has 1 aliphatic heterocycles. The average molecular weight is 229 g/mol. The molecule has 16 heavy (non-hydrogen) atoms. The maximum atomic E-state index is 5.43. The maximum Gasteiger partial charge on any atom is 0.0637 e. The third kappa shape index (κ3) is 5.28. The first-order valence-electron chi connectivity index (χ1n) is 6.40. The summed E-state index contributed by atoms with van der Waals surface area (Å²) in [5.74, 6) is 0.773. The fourth-order valence-corrected chi connectivity index (χ4v) is 2.24. The minimum absolute atomic E-state index is 0.0249. The molecular weight excluding hydrogens is 202 g/mol. The molecule has 2 atom stereocenters. The van der Waals surface area contributed by atoms with Gasteiger partial charge in [-0.1, -0.05) is 0 Å².